The lowest BCUT2D eigenvalue weighted by molar-refractivity contribution is -0.152. The quantitative estimate of drug-likeness (QED) is 0.0574. The fourth-order valence-corrected chi connectivity index (χ4v) is 12.4. The molecule has 20 nitrogen and oxygen atoms in total. The van der Waals surface area contributed by atoms with E-state index in [-0.39, 0.29) is 55.1 Å². The van der Waals surface area contributed by atoms with Gasteiger partial charge in [0.15, 0.2) is 29.1 Å². The molecule has 0 aromatic heterocycles. The molecule has 0 unspecified atom stereocenters. The molecule has 2 aliphatic carbocycles. The second-order valence-electron chi connectivity index (χ2n) is 20.5. The average molecular weight is 1130 g/mol. The maximum atomic E-state index is 14.2. The fraction of sp³-hybridized carbons (Fsp3) is 0.536. The summed E-state index contributed by atoms with van der Waals surface area (Å²) in [6, 6.07) is 26.7. The molecule has 430 valence electrons. The summed E-state index contributed by atoms with van der Waals surface area (Å²) in [6.45, 7) is 8.10. The first kappa shape index (κ1) is 61.5. The monoisotopic (exact) mass is 1130 g/mol. The summed E-state index contributed by atoms with van der Waals surface area (Å²) in [5.74, 6) is 1.52. The molecule has 1 saturated heterocycles. The molecule has 0 spiro atoms. The molecule has 2 amide bonds. The molecule has 1 heterocycles. The predicted molar refractivity (Wildman–Crippen MR) is 290 cm³/mol. The van der Waals surface area contributed by atoms with E-state index >= 15 is 0 Å². The molecule has 0 bridgehead atoms. The molecule has 4 aromatic carbocycles. The Morgan fingerprint density at radius 3 is 1.36 bits per heavy atom. The van der Waals surface area contributed by atoms with Crippen molar-refractivity contribution in [1.29, 1.82) is 0 Å². The summed E-state index contributed by atoms with van der Waals surface area (Å²) in [7, 11) is -5.54. The van der Waals surface area contributed by atoms with Crippen LogP contribution >= 0.6 is 0 Å². The Labute approximate surface area is 459 Å². The first-order valence-electron chi connectivity index (χ1n) is 26.5. The molecule has 3 aliphatic rings. The van der Waals surface area contributed by atoms with Crippen molar-refractivity contribution in [2.45, 2.75) is 170 Å². The molecule has 78 heavy (non-hydrogen) atoms. The van der Waals surface area contributed by atoms with Gasteiger partial charge in [-0.05, 0) is 121 Å². The Balaban J connectivity index is 0.000000253. The van der Waals surface area contributed by atoms with Crippen molar-refractivity contribution in [2.75, 3.05) is 34.2 Å². The minimum atomic E-state index is -4.29. The van der Waals surface area contributed by atoms with E-state index in [0.29, 0.717) is 34.1 Å². The molecule has 3 fully saturated rings. The Kier molecular flexibility index (Phi) is 22.8. The first-order valence-corrected chi connectivity index (χ1v) is 29.4. The number of aliphatic hydroxyl groups excluding tert-OH is 2. The van der Waals surface area contributed by atoms with E-state index in [1.54, 1.807) is 81.4 Å². The van der Waals surface area contributed by atoms with Crippen LogP contribution in [0.4, 0.5) is 9.59 Å². The number of aliphatic hydroxyl groups is 2. The van der Waals surface area contributed by atoms with Crippen molar-refractivity contribution < 1.29 is 74.5 Å². The first-order chi connectivity index (χ1) is 37.2. The highest BCUT2D eigenvalue weighted by Gasteiger charge is 2.39. The molecular weight excluding hydrogens is 1050 g/mol. The maximum absolute atomic E-state index is 14.2. The van der Waals surface area contributed by atoms with Crippen molar-refractivity contribution in [3.8, 4) is 23.0 Å². The molecule has 0 radical (unpaired) electrons. The number of ether oxygens (including phenoxy) is 8. The third kappa shape index (κ3) is 17.9. The third-order valence-corrected chi connectivity index (χ3v) is 16.7. The molecule has 2 saturated carbocycles. The lowest BCUT2D eigenvalue weighted by atomic mass is 9.98. The van der Waals surface area contributed by atoms with Crippen molar-refractivity contribution in [3.63, 3.8) is 0 Å². The predicted octanol–water partition coefficient (Wildman–Crippen LogP) is 8.23. The number of carbonyl (C=O) groups excluding carboxylic acids is 2. The lowest BCUT2D eigenvalue weighted by Gasteiger charge is -2.34. The number of methoxy groups -OCH3 is 2. The lowest BCUT2D eigenvalue weighted by Crippen LogP contribution is -2.56. The Bertz CT molecular complexity index is 2730. The van der Waals surface area contributed by atoms with E-state index in [1.807, 2.05) is 12.1 Å². The van der Waals surface area contributed by atoms with Gasteiger partial charge in [-0.2, -0.15) is 8.61 Å². The zero-order chi connectivity index (χ0) is 56.5. The number of hydrogen-bond acceptors (Lipinski definition) is 16. The van der Waals surface area contributed by atoms with Crippen LogP contribution in [0.15, 0.2) is 107 Å². The number of rotatable bonds is 21. The van der Waals surface area contributed by atoms with E-state index in [0.717, 1.165) is 72.8 Å². The molecule has 4 N–H and O–H groups in total. The van der Waals surface area contributed by atoms with Crippen LogP contribution in [0.5, 0.6) is 23.0 Å². The van der Waals surface area contributed by atoms with Gasteiger partial charge in [-0.3, -0.25) is 0 Å². The minimum Gasteiger partial charge on any atom is -0.493 e. The van der Waals surface area contributed by atoms with E-state index in [2.05, 4.69) is 10.6 Å². The topological polar surface area (TPSA) is 247 Å². The zero-order valence-electron chi connectivity index (χ0n) is 45.7. The van der Waals surface area contributed by atoms with Gasteiger partial charge in [0.2, 0.25) is 20.0 Å². The van der Waals surface area contributed by atoms with Crippen molar-refractivity contribution >= 4 is 32.2 Å². The second-order valence-corrected chi connectivity index (χ2v) is 24.3. The zero-order valence-corrected chi connectivity index (χ0v) is 47.3. The Morgan fingerprint density at radius 2 is 0.987 bits per heavy atom. The number of nitrogens with one attached hydrogen (secondary N) is 2. The number of amides is 2. The highest BCUT2D eigenvalue weighted by molar-refractivity contribution is 7.89. The van der Waals surface area contributed by atoms with Gasteiger partial charge in [0.25, 0.3) is 0 Å². The van der Waals surface area contributed by atoms with Crippen LogP contribution in [0, 0.1) is 0 Å². The van der Waals surface area contributed by atoms with E-state index in [1.165, 1.54) is 52.3 Å². The second kappa shape index (κ2) is 28.9. The Hall–Kier alpha value is -5.72. The molecule has 22 heteroatoms. The Morgan fingerprint density at radius 1 is 0.590 bits per heavy atom. The summed E-state index contributed by atoms with van der Waals surface area (Å²) in [5, 5.41) is 26.4. The van der Waals surface area contributed by atoms with Gasteiger partial charge in [-0.1, -0.05) is 73.5 Å². The van der Waals surface area contributed by atoms with Gasteiger partial charge in [-0.15, -0.1) is 0 Å². The van der Waals surface area contributed by atoms with Crippen LogP contribution in [0.2, 0.25) is 0 Å². The van der Waals surface area contributed by atoms with Crippen molar-refractivity contribution in [1.82, 2.24) is 19.2 Å². The summed E-state index contributed by atoms with van der Waals surface area (Å²) >= 11 is 0. The van der Waals surface area contributed by atoms with E-state index in [4.69, 9.17) is 37.9 Å². The van der Waals surface area contributed by atoms with Gasteiger partial charge in [0, 0.05) is 25.2 Å². The van der Waals surface area contributed by atoms with Crippen molar-refractivity contribution in [2.24, 2.45) is 0 Å². The number of hydrogen-bond donors (Lipinski definition) is 4. The molecule has 4 aromatic rings. The van der Waals surface area contributed by atoms with E-state index in [9.17, 15) is 36.6 Å². The number of sulfonamides is 2. The normalized spacial score (nSPS) is 17.6. The van der Waals surface area contributed by atoms with Gasteiger partial charge in [0.05, 0.1) is 61.6 Å². The average Bonchev–Trinajstić information content (AvgIpc) is 3.48. The highest BCUT2D eigenvalue weighted by Crippen LogP contribution is 2.37. The van der Waals surface area contributed by atoms with Gasteiger partial charge >= 0.3 is 12.2 Å². The molecular formula is C56H78N4O16S2. The standard InChI is InChI=1S/C28H38N2O9S.C28H40N2O7S/c1-20(31)27(29-28(32)39-23-17-36-19-37-18-23)30(16-21-9-5-3-6-10-21)40(33,34)24-13-14-25(35-2)26(15-24)38-22-11-7-4-8-12-22;1-20(31)26(29-27(32)37-28(2,3)4)30(19-21-12-8-6-9-13-21)38(33,34)23-16-17-24(35-5)25(18-23)36-22-14-10-7-11-15-22/h3,5-6,9-10,13-15,20,22-23,27,31H,4,7-8,11-12,16-19H2,1-2H3,(H,29,32);6,8-9,12-13,16-18,20,22,26,31H,7,10-11,14-15,19H2,1-5H3,(H,29,32)/t20-,27+;20-,26+/m11/s1. The largest absolute Gasteiger partial charge is 0.493 e. The molecule has 4 atom stereocenters. The number of nitrogens with zero attached hydrogens (tertiary/aromatic N) is 2. The van der Waals surface area contributed by atoms with Crippen LogP contribution in [0.1, 0.15) is 110 Å². The van der Waals surface area contributed by atoms with Crippen LogP contribution in [0.3, 0.4) is 0 Å². The smallest absolute Gasteiger partial charge is 0.409 e. The van der Waals surface area contributed by atoms with Crippen LogP contribution in [0.25, 0.3) is 0 Å². The SMILES string of the molecule is COc1ccc(S(=O)(=O)N(Cc2ccccc2)[C@H](NC(=O)OC(C)(C)C)[C@@H](C)O)cc1OC1CCCCC1.COc1ccc(S(=O)(=O)N(Cc2ccccc2)[C@H](NC(=O)OC2COCOC2)[C@@H](C)O)cc1OC1CCCCC1. The summed E-state index contributed by atoms with van der Waals surface area (Å²) < 4.78 is 103. The maximum Gasteiger partial charge on any atom is 0.409 e. The van der Waals surface area contributed by atoms with Gasteiger partial charge in [-0.25, -0.2) is 26.4 Å². The van der Waals surface area contributed by atoms with Crippen molar-refractivity contribution in [3.05, 3.63) is 108 Å². The van der Waals surface area contributed by atoms with Crippen LogP contribution in [-0.4, -0.2) is 131 Å². The van der Waals surface area contributed by atoms with Crippen LogP contribution < -0.4 is 29.6 Å². The van der Waals surface area contributed by atoms with E-state index < -0.39 is 68.5 Å². The summed E-state index contributed by atoms with van der Waals surface area (Å²) in [5.41, 5.74) is 0.533. The number of alkyl carbamates (subject to hydrolysis) is 2. The number of carbonyl (C=O) groups is 2. The third-order valence-electron chi connectivity index (χ3n) is 13.1. The summed E-state index contributed by atoms with van der Waals surface area (Å²) in [6.07, 6.45) is 2.41. The minimum absolute atomic E-state index is 0.0185. The van der Waals surface area contributed by atoms with Gasteiger partial charge in [0.1, 0.15) is 24.7 Å². The van der Waals surface area contributed by atoms with Gasteiger partial charge < -0.3 is 58.7 Å². The number of benzene rings is 4. The fourth-order valence-electron chi connectivity index (χ4n) is 9.14. The summed E-state index contributed by atoms with van der Waals surface area (Å²) in [4.78, 5) is 25.3. The molecule has 7 rings (SSSR count). The molecule has 1 aliphatic heterocycles. The highest BCUT2D eigenvalue weighted by atomic mass is 32.2. The van der Waals surface area contributed by atoms with Crippen LogP contribution in [-0.2, 0) is 52.1 Å².